The van der Waals surface area contributed by atoms with Crippen molar-refractivity contribution < 1.29 is 4.74 Å². The fourth-order valence-electron chi connectivity index (χ4n) is 3.18. The smallest absolute Gasteiger partial charge is 0.143 e. The van der Waals surface area contributed by atoms with Gasteiger partial charge in [-0.25, -0.2) is 0 Å². The van der Waals surface area contributed by atoms with Crippen molar-refractivity contribution in [2.45, 2.75) is 9.79 Å². The molecule has 0 radical (unpaired) electrons. The zero-order chi connectivity index (χ0) is 14.7. The summed E-state index contributed by atoms with van der Waals surface area (Å²) < 4.78 is 8.34. The topological polar surface area (TPSA) is 14.2 Å². The minimum absolute atomic E-state index is 0.943. The molecular formula is C19H13NOS. The lowest BCUT2D eigenvalue weighted by atomic mass is 10.1. The van der Waals surface area contributed by atoms with Crippen molar-refractivity contribution >= 4 is 33.6 Å². The van der Waals surface area contributed by atoms with E-state index in [-0.39, 0.29) is 0 Å². The third kappa shape index (κ3) is 1.57. The van der Waals surface area contributed by atoms with Gasteiger partial charge < -0.3 is 9.30 Å². The van der Waals surface area contributed by atoms with Crippen LogP contribution in [0.4, 0.5) is 0 Å². The first-order valence-corrected chi connectivity index (χ1v) is 8.09. The Balaban J connectivity index is 1.82. The predicted molar refractivity (Wildman–Crippen MR) is 91.1 cm³/mol. The first kappa shape index (κ1) is 12.2. The Labute approximate surface area is 132 Å². The molecule has 4 aromatic rings. The molecule has 0 atom stereocenters. The van der Waals surface area contributed by atoms with E-state index in [9.17, 15) is 0 Å². The molecule has 0 aliphatic carbocycles. The average Bonchev–Trinajstić information content (AvgIpc) is 2.84. The summed E-state index contributed by atoms with van der Waals surface area (Å²) in [5, 5.41) is 2.58. The maximum Gasteiger partial charge on any atom is 0.143 e. The van der Waals surface area contributed by atoms with Crippen LogP contribution >= 0.6 is 11.8 Å². The van der Waals surface area contributed by atoms with E-state index in [1.165, 1.54) is 31.6 Å². The Kier molecular flexibility index (Phi) is 2.38. The van der Waals surface area contributed by atoms with Gasteiger partial charge in [0, 0.05) is 29.4 Å². The van der Waals surface area contributed by atoms with Gasteiger partial charge in [0.2, 0.25) is 0 Å². The molecule has 22 heavy (non-hydrogen) atoms. The highest BCUT2D eigenvalue weighted by Gasteiger charge is 2.20. The van der Waals surface area contributed by atoms with Gasteiger partial charge in [0.15, 0.2) is 0 Å². The standard InChI is InChI=1S/C19H13NOS/c1-20-14-7-3-2-6-12(14)13-10-19-17(11-15(13)20)21-16-8-4-5-9-18(16)22-19/h2-11H,1H3. The molecule has 3 aromatic carbocycles. The third-order valence-corrected chi connectivity index (χ3v) is 5.36. The van der Waals surface area contributed by atoms with E-state index in [1.807, 2.05) is 12.1 Å². The highest BCUT2D eigenvalue weighted by molar-refractivity contribution is 7.99. The minimum Gasteiger partial charge on any atom is -0.455 e. The van der Waals surface area contributed by atoms with E-state index >= 15 is 0 Å². The van der Waals surface area contributed by atoms with E-state index in [4.69, 9.17) is 4.74 Å². The number of aryl methyl sites for hydroxylation is 1. The van der Waals surface area contributed by atoms with Crippen LogP contribution in [-0.2, 0) is 7.05 Å². The molecule has 106 valence electrons. The second kappa shape index (κ2) is 4.31. The van der Waals surface area contributed by atoms with Crippen LogP contribution in [0, 0.1) is 0 Å². The van der Waals surface area contributed by atoms with Crippen LogP contribution in [0.5, 0.6) is 11.5 Å². The largest absolute Gasteiger partial charge is 0.455 e. The number of ether oxygens (including phenoxy) is 1. The molecule has 0 saturated heterocycles. The van der Waals surface area contributed by atoms with Crippen molar-refractivity contribution in [3.8, 4) is 11.5 Å². The van der Waals surface area contributed by atoms with Gasteiger partial charge in [-0.3, -0.25) is 0 Å². The van der Waals surface area contributed by atoms with Gasteiger partial charge in [0.05, 0.1) is 15.3 Å². The van der Waals surface area contributed by atoms with Gasteiger partial charge in [-0.05, 0) is 24.3 Å². The van der Waals surface area contributed by atoms with Crippen molar-refractivity contribution in [2.75, 3.05) is 0 Å². The van der Waals surface area contributed by atoms with E-state index in [1.54, 1.807) is 11.8 Å². The molecule has 1 aliphatic rings. The third-order valence-electron chi connectivity index (χ3n) is 4.27. The molecule has 0 unspecified atom stereocenters. The molecule has 1 aliphatic heterocycles. The summed E-state index contributed by atoms with van der Waals surface area (Å²) in [4.78, 5) is 2.36. The summed E-state index contributed by atoms with van der Waals surface area (Å²) in [6, 6.07) is 21.1. The van der Waals surface area contributed by atoms with Crippen LogP contribution in [0.15, 0.2) is 70.5 Å². The second-order valence-electron chi connectivity index (χ2n) is 5.54. The summed E-state index contributed by atoms with van der Waals surface area (Å²) in [6.45, 7) is 0. The number of benzene rings is 3. The van der Waals surface area contributed by atoms with E-state index in [0.717, 1.165) is 11.5 Å². The molecule has 0 spiro atoms. The molecule has 0 N–H and O–H groups in total. The monoisotopic (exact) mass is 303 g/mol. The lowest BCUT2D eigenvalue weighted by molar-refractivity contribution is 0.455. The summed E-state index contributed by atoms with van der Waals surface area (Å²) in [7, 11) is 2.11. The molecule has 0 saturated carbocycles. The molecular weight excluding hydrogens is 290 g/mol. The zero-order valence-electron chi connectivity index (χ0n) is 12.0. The van der Waals surface area contributed by atoms with Crippen LogP contribution in [-0.4, -0.2) is 4.57 Å². The summed E-state index contributed by atoms with van der Waals surface area (Å²) in [6.07, 6.45) is 0. The number of rotatable bonds is 0. The molecule has 0 fully saturated rings. The fraction of sp³-hybridized carbons (Fsp3) is 0.0526. The molecule has 0 amide bonds. The summed E-state index contributed by atoms with van der Waals surface area (Å²) in [5.74, 6) is 1.89. The lowest BCUT2D eigenvalue weighted by Gasteiger charge is -2.19. The summed E-state index contributed by atoms with van der Waals surface area (Å²) >= 11 is 1.78. The van der Waals surface area contributed by atoms with Crippen LogP contribution in [0.25, 0.3) is 21.8 Å². The SMILES string of the molecule is Cn1c2ccccc2c2cc3c(cc21)Oc1ccccc1S3. The Hall–Kier alpha value is -2.39. The van der Waals surface area contributed by atoms with Crippen LogP contribution in [0.1, 0.15) is 0 Å². The molecule has 5 rings (SSSR count). The van der Waals surface area contributed by atoms with Crippen LogP contribution < -0.4 is 4.74 Å². The summed E-state index contributed by atoms with van der Waals surface area (Å²) in [5.41, 5.74) is 2.46. The van der Waals surface area contributed by atoms with Crippen LogP contribution in [0.3, 0.4) is 0 Å². The molecule has 0 bridgehead atoms. The number of aromatic nitrogens is 1. The van der Waals surface area contributed by atoms with E-state index < -0.39 is 0 Å². The van der Waals surface area contributed by atoms with Gasteiger partial charge in [0.1, 0.15) is 11.5 Å². The Bertz CT molecular complexity index is 1050. The maximum absolute atomic E-state index is 6.10. The maximum atomic E-state index is 6.10. The lowest BCUT2D eigenvalue weighted by Crippen LogP contribution is -1.95. The van der Waals surface area contributed by atoms with Crippen molar-refractivity contribution in [1.29, 1.82) is 0 Å². The minimum atomic E-state index is 0.943. The Morgan fingerprint density at radius 2 is 1.59 bits per heavy atom. The average molecular weight is 303 g/mol. The molecule has 2 nitrogen and oxygen atoms in total. The highest BCUT2D eigenvalue weighted by atomic mass is 32.2. The quantitative estimate of drug-likeness (QED) is 0.370. The van der Waals surface area contributed by atoms with Crippen molar-refractivity contribution in [3.63, 3.8) is 0 Å². The number of hydrogen-bond acceptors (Lipinski definition) is 2. The highest BCUT2D eigenvalue weighted by Crippen LogP contribution is 2.48. The first-order valence-electron chi connectivity index (χ1n) is 7.27. The zero-order valence-corrected chi connectivity index (χ0v) is 12.9. The fourth-order valence-corrected chi connectivity index (χ4v) is 4.15. The van der Waals surface area contributed by atoms with Gasteiger partial charge >= 0.3 is 0 Å². The molecule has 2 heterocycles. The van der Waals surface area contributed by atoms with Gasteiger partial charge in [0.25, 0.3) is 0 Å². The number of fused-ring (bicyclic) bond motifs is 5. The Morgan fingerprint density at radius 3 is 2.55 bits per heavy atom. The second-order valence-corrected chi connectivity index (χ2v) is 6.63. The van der Waals surface area contributed by atoms with E-state index in [0.29, 0.717) is 0 Å². The van der Waals surface area contributed by atoms with Crippen LogP contribution in [0.2, 0.25) is 0 Å². The Morgan fingerprint density at radius 1 is 0.773 bits per heavy atom. The van der Waals surface area contributed by atoms with Gasteiger partial charge in [-0.15, -0.1) is 0 Å². The predicted octanol–water partition coefficient (Wildman–Crippen LogP) is 5.59. The van der Waals surface area contributed by atoms with Crippen molar-refractivity contribution in [3.05, 3.63) is 60.7 Å². The van der Waals surface area contributed by atoms with Crippen molar-refractivity contribution in [1.82, 2.24) is 4.57 Å². The number of para-hydroxylation sites is 2. The first-order chi connectivity index (χ1) is 10.8. The van der Waals surface area contributed by atoms with Crippen molar-refractivity contribution in [2.24, 2.45) is 7.05 Å². The van der Waals surface area contributed by atoms with Gasteiger partial charge in [-0.2, -0.15) is 0 Å². The van der Waals surface area contributed by atoms with E-state index in [2.05, 4.69) is 60.1 Å². The normalized spacial score (nSPS) is 13.0. The van der Waals surface area contributed by atoms with Gasteiger partial charge in [-0.1, -0.05) is 42.1 Å². The number of nitrogens with zero attached hydrogens (tertiary/aromatic N) is 1. The number of hydrogen-bond donors (Lipinski definition) is 0. The molecule has 1 aromatic heterocycles. The molecule has 3 heteroatoms.